The van der Waals surface area contributed by atoms with Crippen molar-refractivity contribution in [3.63, 3.8) is 0 Å². The molecule has 0 atom stereocenters. The number of aryl methyl sites for hydroxylation is 1. The van der Waals surface area contributed by atoms with Gasteiger partial charge in [-0.05, 0) is 24.6 Å². The van der Waals surface area contributed by atoms with Gasteiger partial charge in [0.25, 0.3) is 5.92 Å². The van der Waals surface area contributed by atoms with Gasteiger partial charge in [-0.25, -0.2) is 8.78 Å². The Morgan fingerprint density at radius 2 is 2.05 bits per heavy atom. The average molecular weight is 302 g/mol. The Bertz CT molecular complexity index is 577. The number of nitrogens with zero attached hydrogens (tertiary/aromatic N) is 3. The molecule has 0 spiro atoms. The molecule has 0 unspecified atom stereocenters. The largest absolute Gasteiger partial charge is 0.398 e. The Hall–Kier alpha value is -1.76. The number of nitrogen functional groups attached to an aromatic ring is 1. The van der Waals surface area contributed by atoms with E-state index in [1.807, 2.05) is 6.92 Å². The van der Waals surface area contributed by atoms with Crippen LogP contribution in [-0.2, 0) is 0 Å². The molecule has 0 aromatic heterocycles. The first-order valence-corrected chi connectivity index (χ1v) is 6.33. The van der Waals surface area contributed by atoms with E-state index in [4.69, 9.17) is 23.2 Å². The molecule has 0 radical (unpaired) electrons. The SMILES string of the molecule is Cc1cc(Cl)c(/C(N=NC2CC(F)(F)C2)=N/N)cc1N. The summed E-state index contributed by atoms with van der Waals surface area (Å²) < 4.78 is 25.4. The van der Waals surface area contributed by atoms with Gasteiger partial charge in [0.2, 0.25) is 5.84 Å². The van der Waals surface area contributed by atoms with Crippen LogP contribution in [0.2, 0.25) is 5.02 Å². The van der Waals surface area contributed by atoms with Crippen LogP contribution in [0, 0.1) is 6.92 Å². The number of benzene rings is 1. The first-order valence-electron chi connectivity index (χ1n) is 5.95. The van der Waals surface area contributed by atoms with Crippen LogP contribution in [-0.4, -0.2) is 17.8 Å². The van der Waals surface area contributed by atoms with Crippen molar-refractivity contribution in [3.05, 3.63) is 28.3 Å². The highest BCUT2D eigenvalue weighted by Crippen LogP contribution is 2.39. The van der Waals surface area contributed by atoms with Crippen LogP contribution >= 0.6 is 11.6 Å². The molecule has 108 valence electrons. The van der Waals surface area contributed by atoms with Gasteiger partial charge >= 0.3 is 0 Å². The Morgan fingerprint density at radius 3 is 2.60 bits per heavy atom. The molecule has 1 saturated carbocycles. The fourth-order valence-electron chi connectivity index (χ4n) is 1.86. The second kappa shape index (κ2) is 5.32. The second-order valence-electron chi connectivity index (χ2n) is 4.77. The molecular formula is C12H14ClF2N5. The van der Waals surface area contributed by atoms with Crippen LogP contribution in [0.4, 0.5) is 14.5 Å². The monoisotopic (exact) mass is 301 g/mol. The lowest BCUT2D eigenvalue weighted by Gasteiger charge is -2.30. The minimum absolute atomic E-state index is 0.0666. The lowest BCUT2D eigenvalue weighted by Crippen LogP contribution is -2.38. The van der Waals surface area contributed by atoms with E-state index in [9.17, 15) is 8.78 Å². The zero-order valence-electron chi connectivity index (χ0n) is 10.8. The van der Waals surface area contributed by atoms with Crippen molar-refractivity contribution in [1.82, 2.24) is 0 Å². The zero-order chi connectivity index (χ0) is 14.9. The van der Waals surface area contributed by atoms with E-state index in [0.29, 0.717) is 16.3 Å². The van der Waals surface area contributed by atoms with Gasteiger partial charge < -0.3 is 11.6 Å². The first kappa shape index (κ1) is 14.6. The number of rotatable bonds is 2. The van der Waals surface area contributed by atoms with Crippen LogP contribution in [0.25, 0.3) is 0 Å². The lowest BCUT2D eigenvalue weighted by molar-refractivity contribution is -0.0847. The molecule has 20 heavy (non-hydrogen) atoms. The number of nitrogens with two attached hydrogens (primary N) is 2. The Labute approximate surface area is 119 Å². The summed E-state index contributed by atoms with van der Waals surface area (Å²) in [5, 5.41) is 11.5. The Kier molecular flexibility index (Phi) is 3.89. The van der Waals surface area contributed by atoms with E-state index in [2.05, 4.69) is 15.3 Å². The van der Waals surface area contributed by atoms with Crippen LogP contribution in [0.5, 0.6) is 0 Å². The molecule has 1 aromatic carbocycles. The third kappa shape index (κ3) is 3.04. The van der Waals surface area contributed by atoms with Gasteiger partial charge in [0.15, 0.2) is 0 Å². The number of alkyl halides is 2. The van der Waals surface area contributed by atoms with Crippen LogP contribution < -0.4 is 11.6 Å². The second-order valence-corrected chi connectivity index (χ2v) is 5.18. The molecule has 0 amide bonds. The molecular weight excluding hydrogens is 288 g/mol. The minimum Gasteiger partial charge on any atom is -0.398 e. The summed E-state index contributed by atoms with van der Waals surface area (Å²) in [6.45, 7) is 1.81. The summed E-state index contributed by atoms with van der Waals surface area (Å²) >= 11 is 6.07. The van der Waals surface area contributed by atoms with Gasteiger partial charge in [0.05, 0.1) is 11.1 Å². The van der Waals surface area contributed by atoms with Gasteiger partial charge in [-0.15, -0.1) is 5.11 Å². The molecule has 1 fully saturated rings. The maximum Gasteiger partial charge on any atom is 0.252 e. The smallest absolute Gasteiger partial charge is 0.252 e. The highest BCUT2D eigenvalue weighted by atomic mass is 35.5. The molecule has 0 heterocycles. The van der Waals surface area contributed by atoms with Crippen molar-refractivity contribution in [3.8, 4) is 0 Å². The van der Waals surface area contributed by atoms with Gasteiger partial charge in [0.1, 0.15) is 0 Å². The highest BCUT2D eigenvalue weighted by Gasteiger charge is 2.45. The molecule has 0 bridgehead atoms. The summed E-state index contributed by atoms with van der Waals surface area (Å²) in [6, 6.07) is 2.73. The third-order valence-corrected chi connectivity index (χ3v) is 3.42. The predicted molar refractivity (Wildman–Crippen MR) is 74.2 cm³/mol. The van der Waals surface area contributed by atoms with E-state index in [1.165, 1.54) is 0 Å². The average Bonchev–Trinajstić information content (AvgIpc) is 2.33. The van der Waals surface area contributed by atoms with Crippen molar-refractivity contribution in [2.45, 2.75) is 31.7 Å². The van der Waals surface area contributed by atoms with Crippen molar-refractivity contribution in [2.24, 2.45) is 21.2 Å². The summed E-state index contributed by atoms with van der Waals surface area (Å²) in [7, 11) is 0. The molecule has 4 N–H and O–H groups in total. The highest BCUT2D eigenvalue weighted by molar-refractivity contribution is 6.34. The molecule has 8 heteroatoms. The number of hydrazone groups is 1. The summed E-state index contributed by atoms with van der Waals surface area (Å²) in [5.74, 6) is 2.67. The van der Waals surface area contributed by atoms with Crippen LogP contribution in [0.15, 0.2) is 27.5 Å². The molecule has 2 rings (SSSR count). The van der Waals surface area contributed by atoms with Crippen LogP contribution in [0.3, 0.4) is 0 Å². The maximum absolute atomic E-state index is 12.7. The summed E-state index contributed by atoms with van der Waals surface area (Å²) in [4.78, 5) is 0. The molecule has 1 aromatic rings. The molecule has 0 saturated heterocycles. The number of azo groups is 1. The minimum atomic E-state index is -2.64. The summed E-state index contributed by atoms with van der Waals surface area (Å²) in [6.07, 6.45) is -0.615. The third-order valence-electron chi connectivity index (χ3n) is 3.10. The van der Waals surface area contributed by atoms with Gasteiger partial charge in [-0.1, -0.05) is 11.6 Å². The van der Waals surface area contributed by atoms with Crippen molar-refractivity contribution in [2.75, 3.05) is 5.73 Å². The van der Waals surface area contributed by atoms with Crippen molar-refractivity contribution in [1.29, 1.82) is 0 Å². The van der Waals surface area contributed by atoms with Gasteiger partial charge in [0, 0.05) is 24.1 Å². The molecule has 1 aliphatic rings. The van der Waals surface area contributed by atoms with E-state index in [-0.39, 0.29) is 18.7 Å². The van der Waals surface area contributed by atoms with E-state index in [0.717, 1.165) is 5.56 Å². The Balaban J connectivity index is 2.18. The standard InChI is InChI=1S/C12H14ClF2N5/c1-6-2-9(13)8(3-10(6)16)11(18-17)20-19-7-4-12(14,15)5-7/h2-3,7H,4-5,16-17H2,1H3/b18-11-,20-19?. The fraction of sp³-hybridized carbons (Fsp3) is 0.417. The zero-order valence-corrected chi connectivity index (χ0v) is 11.5. The van der Waals surface area contributed by atoms with E-state index < -0.39 is 12.0 Å². The van der Waals surface area contributed by atoms with Gasteiger partial charge in [-0.3, -0.25) is 0 Å². The lowest BCUT2D eigenvalue weighted by atomic mass is 9.89. The number of hydrogen-bond acceptors (Lipinski definition) is 4. The van der Waals surface area contributed by atoms with Crippen LogP contribution in [0.1, 0.15) is 24.0 Å². The van der Waals surface area contributed by atoms with Crippen molar-refractivity contribution < 1.29 is 8.78 Å². The van der Waals surface area contributed by atoms with E-state index in [1.54, 1.807) is 12.1 Å². The van der Waals surface area contributed by atoms with Crippen molar-refractivity contribution >= 4 is 23.1 Å². The first-order chi connectivity index (χ1) is 9.32. The maximum atomic E-state index is 12.7. The Morgan fingerprint density at radius 1 is 1.40 bits per heavy atom. The predicted octanol–water partition coefficient (Wildman–Crippen LogP) is 3.10. The quantitative estimate of drug-likeness (QED) is 0.219. The fourth-order valence-corrected chi connectivity index (χ4v) is 2.16. The normalized spacial score (nSPS) is 19.3. The number of anilines is 1. The number of amidine groups is 1. The molecule has 1 aliphatic carbocycles. The topological polar surface area (TPSA) is 89.1 Å². The number of hydrogen-bond donors (Lipinski definition) is 2. The van der Waals surface area contributed by atoms with E-state index >= 15 is 0 Å². The number of halogens is 3. The molecule has 0 aliphatic heterocycles. The van der Waals surface area contributed by atoms with Gasteiger partial charge in [-0.2, -0.15) is 10.2 Å². The molecule has 5 nitrogen and oxygen atoms in total. The summed E-state index contributed by atoms with van der Waals surface area (Å²) in [5.41, 5.74) is 7.53.